The SMILES string of the molecule is O=C(CCCc1ccccc1)Nc1ncc(-c2ccc(CO)cc2)nc1-c1ccc(O)cc1.O=C(CCc1ccccc1)Nc1ncc(-c2ccc(CO)cc2)nc1-c1ccc(O)cc1.O=C(Cc1ccc2ccccc2c1)Nc1ncc(-c2ccc(CO)cc2)nc1-c1ccc(O)cc1.O=C(Cc1ccccc1)Nc1ncc(-c2ccc(CO)cc2)nc1-c1ccc(O)cc1. The first-order valence-corrected chi connectivity index (χ1v) is 42.2. The summed E-state index contributed by atoms with van der Waals surface area (Å²) in [5.74, 6) is 1.34. The number of phenolic OH excluding ortho intramolecular Hbond substituents is 4. The van der Waals surface area contributed by atoms with Gasteiger partial charge < -0.3 is 62.1 Å². The van der Waals surface area contributed by atoms with Crippen LogP contribution in [0.4, 0.5) is 23.3 Å². The van der Waals surface area contributed by atoms with Crippen molar-refractivity contribution in [3.05, 3.63) is 397 Å². The summed E-state index contributed by atoms with van der Waals surface area (Å²) in [6.45, 7) is -0.122. The van der Waals surface area contributed by atoms with Crippen molar-refractivity contribution in [2.24, 2.45) is 0 Å². The fourth-order valence-corrected chi connectivity index (χ4v) is 13.9. The predicted octanol–water partition coefficient (Wildman–Crippen LogP) is 19.1. The van der Waals surface area contributed by atoms with Crippen molar-refractivity contribution in [2.45, 2.75) is 71.4 Å². The van der Waals surface area contributed by atoms with E-state index in [0.717, 1.165) is 95.9 Å². The molecule has 4 amide bonds. The topological polar surface area (TPSA) is 381 Å². The third-order valence-electron chi connectivity index (χ3n) is 21.0. The molecular weight excluding hydrogens is 1650 g/mol. The quantitative estimate of drug-likeness (QED) is 0.0227. The highest BCUT2D eigenvalue weighted by Gasteiger charge is 2.21. The van der Waals surface area contributed by atoms with E-state index in [0.29, 0.717) is 99.2 Å². The van der Waals surface area contributed by atoms with Crippen LogP contribution >= 0.6 is 0 Å². The summed E-state index contributed by atoms with van der Waals surface area (Å²) in [7, 11) is 0. The summed E-state index contributed by atoms with van der Waals surface area (Å²) in [6.07, 6.45) is 9.76. The van der Waals surface area contributed by atoms with Gasteiger partial charge >= 0.3 is 0 Å². The molecule has 0 atom stereocenters. The van der Waals surface area contributed by atoms with Crippen molar-refractivity contribution in [1.29, 1.82) is 0 Å². The molecule has 0 saturated heterocycles. The average molecular weight is 1740 g/mol. The number of carbonyl (C=O) groups is 4. The van der Waals surface area contributed by atoms with Crippen LogP contribution in [0.5, 0.6) is 23.0 Å². The standard InChI is InChI=1S/C29H23N3O3.C27H25N3O3.C26H23N3O3.C25H21N3O3/c33-18-19-5-9-22(10-6-19)26-17-30-29(28(31-26)23-11-13-25(34)14-12-23)32-27(35)16-20-7-8-21-3-1-2-4-24(21)15-20;31-18-20-9-11-21(12-10-20)24-17-28-27(26(29-24)22-13-15-23(32)16-14-22)30-25(33)8-4-7-19-5-2-1-3-6-19;30-17-19-6-9-20(10-7-19)23-16-27-26(25(28-23)21-11-13-22(31)14-12-21)29-24(32)15-8-18-4-2-1-3-5-18;29-16-18-6-8-19(9-7-18)22-15-26-25(24(27-22)20-10-12-21(30)13-11-20)28-23(31)14-17-4-2-1-3-5-17/h1-15,17,33-34H,16,18H2,(H,30,32,35);1-3,5-6,9-17,31-32H,4,7-8,18H2,(H,28,30,33);1-7,9-14,16,30-31H,8,15,17H2,(H,27,29,32);1-13,15,29-30H,14,16H2,(H,26,28,31). The van der Waals surface area contributed by atoms with Crippen LogP contribution in [-0.2, 0) is 71.3 Å². The van der Waals surface area contributed by atoms with Gasteiger partial charge in [-0.1, -0.05) is 231 Å². The molecule has 0 saturated carbocycles. The smallest absolute Gasteiger partial charge is 0.230 e. The highest BCUT2D eigenvalue weighted by Crippen LogP contribution is 2.36. The third kappa shape index (κ3) is 25.6. The van der Waals surface area contributed by atoms with Crippen molar-refractivity contribution < 1.29 is 60.0 Å². The Hall–Kier alpha value is -16.6. The Kier molecular flexibility index (Phi) is 31.1. The number of phenols is 4. The molecule has 0 aliphatic carbocycles. The number of aryl methyl sites for hydroxylation is 2. The number of hydrogen-bond acceptors (Lipinski definition) is 20. The van der Waals surface area contributed by atoms with Crippen LogP contribution in [0.1, 0.15) is 63.8 Å². The first kappa shape index (κ1) is 90.6. The summed E-state index contributed by atoms with van der Waals surface area (Å²) in [4.78, 5) is 87.8. The molecule has 0 bridgehead atoms. The first-order chi connectivity index (χ1) is 63.9. The number of aliphatic hydroxyl groups is 4. The lowest BCUT2D eigenvalue weighted by atomic mass is 10.0. The van der Waals surface area contributed by atoms with Gasteiger partial charge in [-0.15, -0.1) is 0 Å². The van der Waals surface area contributed by atoms with Gasteiger partial charge in [-0.25, -0.2) is 39.9 Å². The molecule has 24 heteroatoms. The molecule has 17 aromatic rings. The normalized spacial score (nSPS) is 10.7. The molecule has 24 nitrogen and oxygen atoms in total. The van der Waals surface area contributed by atoms with Crippen molar-refractivity contribution >= 4 is 57.7 Å². The monoisotopic (exact) mass is 1740 g/mol. The van der Waals surface area contributed by atoms with E-state index in [4.69, 9.17) is 19.9 Å². The summed E-state index contributed by atoms with van der Waals surface area (Å²) >= 11 is 0. The Morgan fingerprint density at radius 1 is 0.237 bits per heavy atom. The lowest BCUT2D eigenvalue weighted by molar-refractivity contribution is -0.117. The summed E-state index contributed by atoms with van der Waals surface area (Å²) in [5, 5.41) is 89.5. The number of nitrogens with zero attached hydrogens (tertiary/aromatic N) is 8. The number of aromatic nitrogens is 8. The molecule has 4 heterocycles. The van der Waals surface area contributed by atoms with Gasteiger partial charge in [0.15, 0.2) is 23.3 Å². The Morgan fingerprint density at radius 3 is 0.817 bits per heavy atom. The van der Waals surface area contributed by atoms with Gasteiger partial charge in [-0.2, -0.15) is 0 Å². The molecular formula is C107H92N12O12. The number of hydrogen-bond donors (Lipinski definition) is 12. The van der Waals surface area contributed by atoms with E-state index in [1.165, 1.54) is 5.56 Å². The van der Waals surface area contributed by atoms with E-state index in [1.54, 1.807) is 122 Å². The van der Waals surface area contributed by atoms with Crippen molar-refractivity contribution in [1.82, 2.24) is 39.9 Å². The largest absolute Gasteiger partial charge is 0.508 e. The second-order valence-corrected chi connectivity index (χ2v) is 30.5. The molecule has 0 aliphatic rings. The van der Waals surface area contributed by atoms with Crippen molar-refractivity contribution in [3.8, 4) is 113 Å². The van der Waals surface area contributed by atoms with Crippen LogP contribution in [0.25, 0.3) is 101 Å². The van der Waals surface area contributed by atoms with Gasteiger partial charge in [0.1, 0.15) is 45.8 Å². The maximum absolute atomic E-state index is 12.9. The first-order valence-electron chi connectivity index (χ1n) is 42.2. The average Bonchev–Trinajstić information content (AvgIpc) is 0.836. The zero-order valence-electron chi connectivity index (χ0n) is 71.1. The van der Waals surface area contributed by atoms with Crippen LogP contribution in [0.15, 0.2) is 352 Å². The fraction of sp³-hybridized carbons (Fsp3) is 0.103. The Morgan fingerprint density at radius 2 is 0.496 bits per heavy atom. The lowest BCUT2D eigenvalue weighted by Crippen LogP contribution is -2.16. The minimum atomic E-state index is -0.199. The molecule has 0 radical (unpaired) electrons. The molecule has 0 fully saturated rings. The van der Waals surface area contributed by atoms with E-state index in [-0.39, 0.29) is 85.9 Å². The number of nitrogens with one attached hydrogen (secondary N) is 4. The van der Waals surface area contributed by atoms with E-state index < -0.39 is 0 Å². The minimum absolute atomic E-state index is 0.0278. The van der Waals surface area contributed by atoms with Gasteiger partial charge in [0.05, 0.1) is 86.8 Å². The molecule has 13 aromatic carbocycles. The van der Waals surface area contributed by atoms with E-state index >= 15 is 0 Å². The highest BCUT2D eigenvalue weighted by molar-refractivity contribution is 5.98. The molecule has 0 aliphatic heterocycles. The molecule has 131 heavy (non-hydrogen) atoms. The maximum Gasteiger partial charge on any atom is 0.230 e. The maximum atomic E-state index is 12.9. The van der Waals surface area contributed by atoms with Gasteiger partial charge in [0.2, 0.25) is 23.6 Å². The number of aliphatic hydroxyl groups excluding tert-OH is 4. The Bertz CT molecular complexity index is 6690. The van der Waals surface area contributed by atoms with Gasteiger partial charge in [-0.05, 0) is 172 Å². The second kappa shape index (κ2) is 45.0. The van der Waals surface area contributed by atoms with Gasteiger partial charge in [-0.3, -0.25) is 19.2 Å². The third-order valence-corrected chi connectivity index (χ3v) is 21.0. The Labute approximate surface area is 755 Å². The highest BCUT2D eigenvalue weighted by atomic mass is 16.3. The molecule has 652 valence electrons. The van der Waals surface area contributed by atoms with Gasteiger partial charge in [0.25, 0.3) is 0 Å². The van der Waals surface area contributed by atoms with Crippen LogP contribution in [0.2, 0.25) is 0 Å². The van der Waals surface area contributed by atoms with Gasteiger partial charge in [0, 0.05) is 57.3 Å². The van der Waals surface area contributed by atoms with E-state index in [9.17, 15) is 60.0 Å². The number of amides is 4. The van der Waals surface area contributed by atoms with E-state index in [2.05, 4.69) is 53.3 Å². The lowest BCUT2D eigenvalue weighted by Gasteiger charge is -2.12. The number of benzene rings is 13. The zero-order valence-corrected chi connectivity index (χ0v) is 71.1. The number of anilines is 4. The molecule has 0 unspecified atom stereocenters. The van der Waals surface area contributed by atoms with Crippen LogP contribution < -0.4 is 21.3 Å². The van der Waals surface area contributed by atoms with E-state index in [1.807, 2.05) is 218 Å². The second-order valence-electron chi connectivity index (χ2n) is 30.5. The number of rotatable bonds is 27. The van der Waals surface area contributed by atoms with Crippen LogP contribution in [-0.4, -0.2) is 104 Å². The Balaban J connectivity index is 0.000000141. The summed E-state index contributed by atoms with van der Waals surface area (Å²) < 4.78 is 0. The minimum Gasteiger partial charge on any atom is -0.508 e. The number of carbonyl (C=O) groups excluding carboxylic acids is 4. The molecule has 4 aromatic heterocycles. The fourth-order valence-electron chi connectivity index (χ4n) is 13.9. The predicted molar refractivity (Wildman–Crippen MR) is 508 cm³/mol. The summed E-state index contributed by atoms with van der Waals surface area (Å²) in [6, 6.07) is 99.4. The molecule has 12 N–H and O–H groups in total. The molecule has 0 spiro atoms. The molecule has 17 rings (SSSR count). The van der Waals surface area contributed by atoms with Crippen LogP contribution in [0, 0.1) is 0 Å². The van der Waals surface area contributed by atoms with Crippen molar-refractivity contribution in [3.63, 3.8) is 0 Å². The van der Waals surface area contributed by atoms with Crippen molar-refractivity contribution in [2.75, 3.05) is 21.3 Å². The number of fused-ring (bicyclic) bond motifs is 1. The number of aromatic hydroxyl groups is 4. The zero-order chi connectivity index (χ0) is 91.2. The summed E-state index contributed by atoms with van der Waals surface area (Å²) in [5.41, 5.74) is 18.2. The van der Waals surface area contributed by atoms with Crippen LogP contribution in [0.3, 0.4) is 0 Å².